The second-order valence-corrected chi connectivity index (χ2v) is 6.98. The van der Waals surface area contributed by atoms with E-state index in [0.717, 1.165) is 6.54 Å². The Kier molecular flexibility index (Phi) is 11.4. The van der Waals surface area contributed by atoms with E-state index >= 15 is 0 Å². The molecule has 0 bridgehead atoms. The van der Waals surface area contributed by atoms with E-state index in [2.05, 4.69) is 43.4 Å². The van der Waals surface area contributed by atoms with Crippen molar-refractivity contribution < 1.29 is 42.3 Å². The average Bonchev–Trinajstić information content (AvgIpc) is 2.97. The van der Waals surface area contributed by atoms with E-state index < -0.39 is 7.81 Å². The van der Waals surface area contributed by atoms with Gasteiger partial charge in [0.15, 0.2) is 0 Å². The van der Waals surface area contributed by atoms with Crippen LogP contribution < -0.4 is 5.32 Å². The fraction of sp³-hybridized carbons (Fsp3) is 0.312. The number of rotatable bonds is 4. The maximum Gasteiger partial charge on any atom is 2.00 e. The third-order valence-corrected chi connectivity index (χ3v) is 2.47. The second-order valence-electron chi connectivity index (χ2n) is 5.07. The molecular weight excluding hydrogens is 407 g/mol. The first-order valence-electron chi connectivity index (χ1n) is 7.31. The molecule has 0 heterocycles. The van der Waals surface area contributed by atoms with Crippen molar-refractivity contribution in [3.8, 4) is 0 Å². The molecule has 0 saturated heterocycles. The van der Waals surface area contributed by atoms with Crippen molar-refractivity contribution in [3.63, 3.8) is 0 Å². The number of anilines is 1. The molecule has 0 atom stereocenters. The van der Waals surface area contributed by atoms with Gasteiger partial charge in [0.25, 0.3) is 0 Å². The molecule has 0 aromatic heterocycles. The van der Waals surface area contributed by atoms with Crippen molar-refractivity contribution in [2.24, 2.45) is 0 Å². The number of nitrogens with one attached hydrogen (secondary N) is 1. The fourth-order valence-corrected chi connectivity index (χ4v) is 1.40. The minimum absolute atomic E-state index is 0. The van der Waals surface area contributed by atoms with Crippen LogP contribution in [0.3, 0.4) is 0 Å². The molecule has 1 N–H and O–H groups in total. The molecule has 1 fully saturated rings. The third kappa shape index (κ3) is 28.6. The van der Waals surface area contributed by atoms with Crippen LogP contribution in [0.1, 0.15) is 25.3 Å². The van der Waals surface area contributed by atoms with Crippen LogP contribution in [0.2, 0.25) is 0 Å². The molecule has 1 aromatic rings. The molecule has 1 aliphatic carbocycles. The SMILES string of the molecule is CCCCNc1ccc(C)cc1.F[P-](F)(F)(F)(F)F.[CH]1[CH][CH][CH][CH]1.[Fe+2]. The minimum atomic E-state index is -10.7. The molecule has 0 unspecified atom stereocenters. The molecular formula is C16H22F6FeNP+. The van der Waals surface area contributed by atoms with E-state index in [1.807, 2.05) is 32.1 Å². The molecule has 5 radical (unpaired) electrons. The van der Waals surface area contributed by atoms with Crippen molar-refractivity contribution in [3.05, 3.63) is 61.9 Å². The first-order valence-corrected chi connectivity index (χ1v) is 9.34. The molecule has 1 aliphatic rings. The largest absolute Gasteiger partial charge is 2.00 e. The van der Waals surface area contributed by atoms with Crippen LogP contribution in [0.15, 0.2) is 24.3 Å². The quantitative estimate of drug-likeness (QED) is 0.225. The Morgan fingerprint density at radius 1 is 0.800 bits per heavy atom. The van der Waals surface area contributed by atoms with Crippen LogP contribution in [0, 0.1) is 39.0 Å². The summed E-state index contributed by atoms with van der Waals surface area (Å²) in [5.41, 5.74) is 2.55. The van der Waals surface area contributed by atoms with E-state index in [1.165, 1.54) is 24.1 Å². The van der Waals surface area contributed by atoms with Crippen LogP contribution in [0.25, 0.3) is 0 Å². The Morgan fingerprint density at radius 2 is 1.16 bits per heavy atom. The Morgan fingerprint density at radius 3 is 1.48 bits per heavy atom. The summed E-state index contributed by atoms with van der Waals surface area (Å²) in [5, 5.41) is 3.37. The molecule has 1 saturated carbocycles. The zero-order valence-corrected chi connectivity index (χ0v) is 15.9. The Bertz CT molecular complexity index is 438. The van der Waals surface area contributed by atoms with E-state index in [4.69, 9.17) is 0 Å². The van der Waals surface area contributed by atoms with E-state index in [1.54, 1.807) is 0 Å². The predicted octanol–water partition coefficient (Wildman–Crippen LogP) is 7.61. The smallest absolute Gasteiger partial charge is 0.0312 e. The molecule has 0 aliphatic heterocycles. The summed E-state index contributed by atoms with van der Waals surface area (Å²) in [6, 6.07) is 8.53. The van der Waals surface area contributed by atoms with Crippen LogP contribution >= 0.6 is 7.81 Å². The summed E-state index contributed by atoms with van der Waals surface area (Å²) >= 11 is 0. The van der Waals surface area contributed by atoms with Crippen molar-refractivity contribution in [2.45, 2.75) is 26.7 Å². The summed E-state index contributed by atoms with van der Waals surface area (Å²) < 4.78 is 59.2. The molecule has 145 valence electrons. The van der Waals surface area contributed by atoms with Gasteiger partial charge < -0.3 is 5.32 Å². The Balaban J connectivity index is 0. The van der Waals surface area contributed by atoms with Crippen molar-refractivity contribution in [1.82, 2.24) is 0 Å². The third-order valence-electron chi connectivity index (χ3n) is 2.47. The maximum absolute atomic E-state index is 10.7. The number of aryl methyl sites for hydroxylation is 1. The van der Waals surface area contributed by atoms with Gasteiger partial charge in [0.1, 0.15) is 0 Å². The van der Waals surface area contributed by atoms with Crippen LogP contribution in [-0.4, -0.2) is 6.54 Å². The van der Waals surface area contributed by atoms with Crippen LogP contribution in [0.5, 0.6) is 0 Å². The molecule has 9 heteroatoms. The summed E-state index contributed by atoms with van der Waals surface area (Å²) in [7, 11) is -10.7. The van der Waals surface area contributed by atoms with E-state index in [0.29, 0.717) is 0 Å². The monoisotopic (exact) mass is 429 g/mol. The molecule has 2 rings (SSSR count). The van der Waals surface area contributed by atoms with Gasteiger partial charge in [-0.05, 0) is 57.6 Å². The topological polar surface area (TPSA) is 12.0 Å². The number of hydrogen-bond acceptors (Lipinski definition) is 1. The van der Waals surface area contributed by atoms with Gasteiger partial charge in [-0.25, -0.2) is 0 Å². The van der Waals surface area contributed by atoms with Gasteiger partial charge in [-0.2, -0.15) is 0 Å². The Hall–Kier alpha value is -0.451. The van der Waals surface area contributed by atoms with Crippen LogP contribution in [-0.2, 0) is 17.1 Å². The predicted molar refractivity (Wildman–Crippen MR) is 89.6 cm³/mol. The van der Waals surface area contributed by atoms with Crippen molar-refractivity contribution in [2.75, 3.05) is 11.9 Å². The van der Waals surface area contributed by atoms with Gasteiger partial charge in [-0.1, -0.05) is 31.0 Å². The average molecular weight is 429 g/mol. The summed E-state index contributed by atoms with van der Waals surface area (Å²) in [6.45, 7) is 5.40. The van der Waals surface area contributed by atoms with Crippen LogP contribution in [0.4, 0.5) is 30.9 Å². The van der Waals surface area contributed by atoms with Gasteiger partial charge in [-0.15, -0.1) is 0 Å². The number of benzene rings is 1. The second kappa shape index (κ2) is 10.6. The molecule has 0 amide bonds. The van der Waals surface area contributed by atoms with Gasteiger partial charge in [0.2, 0.25) is 0 Å². The van der Waals surface area contributed by atoms with Gasteiger partial charge in [-0.3, -0.25) is 0 Å². The fourth-order valence-electron chi connectivity index (χ4n) is 1.40. The molecule has 1 aromatic carbocycles. The first-order chi connectivity index (χ1) is 10.8. The molecule has 1 nitrogen and oxygen atoms in total. The summed E-state index contributed by atoms with van der Waals surface area (Å²) in [6.07, 6.45) is 12.5. The van der Waals surface area contributed by atoms with E-state index in [-0.39, 0.29) is 17.1 Å². The van der Waals surface area contributed by atoms with Gasteiger partial charge in [0, 0.05) is 12.2 Å². The maximum atomic E-state index is 9.87. The number of unbranched alkanes of at least 4 members (excludes halogenated alkanes) is 1. The zero-order valence-electron chi connectivity index (χ0n) is 13.9. The van der Waals surface area contributed by atoms with Gasteiger partial charge in [0.05, 0.1) is 0 Å². The number of hydrogen-bond donors (Lipinski definition) is 1. The minimum Gasteiger partial charge on any atom is -0.0312 e. The standard InChI is InChI=1S/C11H17N.C5H5.F6P.Fe/c1-3-4-9-12-11-7-5-10(2)6-8-11;1-2-4-5-3-1;1-7(2,3,4,5)6;/h5-8,12H,3-4,9H2,1-2H3;1-5H;;/q;;-1;+2. The van der Waals surface area contributed by atoms with Crippen molar-refractivity contribution >= 4 is 13.5 Å². The summed E-state index contributed by atoms with van der Waals surface area (Å²) in [5.74, 6) is 0. The Labute approximate surface area is 156 Å². The molecule has 0 spiro atoms. The zero-order chi connectivity index (χ0) is 18.8. The molecule has 25 heavy (non-hydrogen) atoms. The summed E-state index contributed by atoms with van der Waals surface area (Å²) in [4.78, 5) is 0. The van der Waals surface area contributed by atoms with Gasteiger partial charge >= 0.3 is 50.1 Å². The van der Waals surface area contributed by atoms with E-state index in [9.17, 15) is 25.2 Å². The normalized spacial score (nSPS) is 16.0. The first kappa shape index (κ1) is 26.8. The van der Waals surface area contributed by atoms with Crippen molar-refractivity contribution in [1.29, 1.82) is 0 Å². The number of halogens is 6.